The smallest absolute Gasteiger partial charge is 0.242 e. The fourth-order valence-electron chi connectivity index (χ4n) is 2.27. The molecule has 7 heteroatoms. The Labute approximate surface area is 152 Å². The predicted octanol–water partition coefficient (Wildman–Crippen LogP) is 3.25. The van der Waals surface area contributed by atoms with E-state index < -0.39 is 10.0 Å². The van der Waals surface area contributed by atoms with Gasteiger partial charge in [0.15, 0.2) is 5.11 Å². The normalized spacial score (nSPS) is 12.0. The molecule has 0 aromatic heterocycles. The molecule has 0 bridgehead atoms. The summed E-state index contributed by atoms with van der Waals surface area (Å²) < 4.78 is 25.7. The van der Waals surface area contributed by atoms with Crippen molar-refractivity contribution in [1.82, 2.24) is 9.21 Å². The number of benzene rings is 1. The third kappa shape index (κ3) is 6.03. The van der Waals surface area contributed by atoms with Crippen molar-refractivity contribution in [3.8, 4) is 0 Å². The van der Waals surface area contributed by atoms with Gasteiger partial charge in [0.1, 0.15) is 0 Å². The molecule has 1 rings (SSSR count). The topological polar surface area (TPSA) is 52.7 Å². The standard InChI is InChI=1S/C17H29N3O2S2/c1-13(2)11-20(12-14(3)4)17(23)18-15-8-7-9-16(10-15)24(21,22)19(5)6/h7-10,13-14H,11-12H2,1-6H3,(H,18,23). The van der Waals surface area contributed by atoms with Crippen LogP contribution in [0.4, 0.5) is 5.69 Å². The monoisotopic (exact) mass is 371 g/mol. The van der Waals surface area contributed by atoms with Crippen LogP contribution >= 0.6 is 12.2 Å². The van der Waals surface area contributed by atoms with Crippen LogP contribution in [0.5, 0.6) is 0 Å². The second-order valence-corrected chi connectivity index (χ2v) is 9.48. The average molecular weight is 372 g/mol. The van der Waals surface area contributed by atoms with Gasteiger partial charge in [-0.3, -0.25) is 0 Å². The van der Waals surface area contributed by atoms with E-state index in [0.29, 0.717) is 22.6 Å². The highest BCUT2D eigenvalue weighted by atomic mass is 32.2. The number of rotatable bonds is 7. The molecule has 0 amide bonds. The van der Waals surface area contributed by atoms with Crippen LogP contribution in [-0.4, -0.2) is 49.9 Å². The van der Waals surface area contributed by atoms with E-state index in [4.69, 9.17) is 12.2 Å². The lowest BCUT2D eigenvalue weighted by molar-refractivity contribution is 0.332. The van der Waals surface area contributed by atoms with Gasteiger partial charge < -0.3 is 10.2 Å². The summed E-state index contributed by atoms with van der Waals surface area (Å²) in [6.07, 6.45) is 0. The second kappa shape index (κ2) is 8.78. The first-order valence-corrected chi connectivity index (χ1v) is 9.97. The number of nitrogens with one attached hydrogen (secondary N) is 1. The Morgan fingerprint density at radius 1 is 1.12 bits per heavy atom. The maximum absolute atomic E-state index is 12.2. The molecule has 0 saturated heterocycles. The van der Waals surface area contributed by atoms with Crippen LogP contribution in [0.3, 0.4) is 0 Å². The first-order chi connectivity index (χ1) is 11.0. The Morgan fingerprint density at radius 2 is 1.67 bits per heavy atom. The number of hydrogen-bond acceptors (Lipinski definition) is 3. The summed E-state index contributed by atoms with van der Waals surface area (Å²) in [4.78, 5) is 2.39. The fourth-order valence-corrected chi connectivity index (χ4v) is 3.48. The summed E-state index contributed by atoms with van der Waals surface area (Å²) in [6, 6.07) is 6.74. The maximum Gasteiger partial charge on any atom is 0.242 e. The van der Waals surface area contributed by atoms with Gasteiger partial charge in [0.05, 0.1) is 4.90 Å². The van der Waals surface area contributed by atoms with Crippen LogP contribution < -0.4 is 5.32 Å². The summed E-state index contributed by atoms with van der Waals surface area (Å²) in [6.45, 7) is 10.3. The highest BCUT2D eigenvalue weighted by Gasteiger charge is 2.18. The van der Waals surface area contributed by atoms with Crippen LogP contribution in [0.15, 0.2) is 29.2 Å². The Kier molecular flexibility index (Phi) is 7.63. The Hall–Kier alpha value is -1.18. The van der Waals surface area contributed by atoms with Crippen LogP contribution in [-0.2, 0) is 10.0 Å². The number of sulfonamides is 1. The number of hydrogen-bond donors (Lipinski definition) is 1. The van der Waals surface area contributed by atoms with E-state index in [0.717, 1.165) is 13.1 Å². The third-order valence-electron chi connectivity index (χ3n) is 3.32. The van der Waals surface area contributed by atoms with Gasteiger partial charge in [0.2, 0.25) is 10.0 Å². The zero-order valence-corrected chi connectivity index (χ0v) is 17.0. The Balaban J connectivity index is 2.97. The van der Waals surface area contributed by atoms with E-state index in [-0.39, 0.29) is 4.90 Å². The summed E-state index contributed by atoms with van der Waals surface area (Å²) in [7, 11) is -0.415. The molecular weight excluding hydrogens is 342 g/mol. The minimum absolute atomic E-state index is 0.250. The van der Waals surface area contributed by atoms with Crippen LogP contribution in [0.2, 0.25) is 0 Å². The largest absolute Gasteiger partial charge is 0.349 e. The van der Waals surface area contributed by atoms with Gasteiger partial charge in [-0.15, -0.1) is 0 Å². The van der Waals surface area contributed by atoms with Crippen molar-refractivity contribution in [2.75, 3.05) is 32.5 Å². The molecule has 0 fully saturated rings. The summed E-state index contributed by atoms with van der Waals surface area (Å²) in [5.41, 5.74) is 0.681. The summed E-state index contributed by atoms with van der Waals surface area (Å²) in [5, 5.41) is 3.80. The molecule has 136 valence electrons. The van der Waals surface area contributed by atoms with Crippen molar-refractivity contribution in [3.63, 3.8) is 0 Å². The molecule has 0 saturated carbocycles. The van der Waals surface area contributed by atoms with E-state index in [9.17, 15) is 8.42 Å². The second-order valence-electron chi connectivity index (χ2n) is 6.94. The predicted molar refractivity (Wildman–Crippen MR) is 105 cm³/mol. The molecular formula is C17H29N3O2S2. The molecule has 1 N–H and O–H groups in total. The van der Waals surface area contributed by atoms with Crippen LogP contribution in [0.1, 0.15) is 27.7 Å². The molecule has 0 aliphatic carbocycles. The molecule has 0 aliphatic heterocycles. The lowest BCUT2D eigenvalue weighted by atomic mass is 10.1. The Morgan fingerprint density at radius 3 is 2.12 bits per heavy atom. The number of anilines is 1. The van der Waals surface area contributed by atoms with Crippen molar-refractivity contribution in [2.24, 2.45) is 11.8 Å². The molecule has 5 nitrogen and oxygen atoms in total. The molecule has 0 spiro atoms. The van der Waals surface area contributed by atoms with Crippen molar-refractivity contribution in [2.45, 2.75) is 32.6 Å². The zero-order chi connectivity index (χ0) is 18.5. The molecule has 0 atom stereocenters. The fraction of sp³-hybridized carbons (Fsp3) is 0.588. The molecule has 0 unspecified atom stereocenters. The van der Waals surface area contributed by atoms with Gasteiger partial charge in [-0.25, -0.2) is 12.7 Å². The summed E-state index contributed by atoms with van der Waals surface area (Å²) >= 11 is 5.54. The summed E-state index contributed by atoms with van der Waals surface area (Å²) in [5.74, 6) is 0.980. The third-order valence-corrected chi connectivity index (χ3v) is 5.49. The first kappa shape index (κ1) is 20.9. The van der Waals surface area contributed by atoms with Crippen molar-refractivity contribution >= 4 is 33.0 Å². The molecule has 0 aliphatic rings. The van der Waals surface area contributed by atoms with E-state index >= 15 is 0 Å². The van der Waals surface area contributed by atoms with Gasteiger partial charge >= 0.3 is 0 Å². The van der Waals surface area contributed by atoms with Gasteiger partial charge in [-0.2, -0.15) is 0 Å². The van der Waals surface area contributed by atoms with Crippen LogP contribution in [0, 0.1) is 11.8 Å². The Bertz CT molecular complexity index is 646. The quantitative estimate of drug-likeness (QED) is 0.746. The van der Waals surface area contributed by atoms with Gasteiger partial charge in [-0.05, 0) is 42.3 Å². The van der Waals surface area contributed by atoms with Crippen molar-refractivity contribution in [1.29, 1.82) is 0 Å². The van der Waals surface area contributed by atoms with Gasteiger partial charge in [0.25, 0.3) is 0 Å². The first-order valence-electron chi connectivity index (χ1n) is 8.12. The molecule has 1 aromatic carbocycles. The number of nitrogens with zero attached hydrogens (tertiary/aromatic N) is 2. The highest BCUT2D eigenvalue weighted by molar-refractivity contribution is 7.89. The lowest BCUT2D eigenvalue weighted by Crippen LogP contribution is -2.39. The van der Waals surface area contributed by atoms with Gasteiger partial charge in [-0.1, -0.05) is 33.8 Å². The number of thiocarbonyl (C=S) groups is 1. The minimum Gasteiger partial charge on any atom is -0.349 e. The van der Waals surface area contributed by atoms with E-state index in [1.807, 2.05) is 6.07 Å². The highest BCUT2D eigenvalue weighted by Crippen LogP contribution is 2.18. The molecule has 24 heavy (non-hydrogen) atoms. The molecule has 0 radical (unpaired) electrons. The van der Waals surface area contributed by atoms with E-state index in [1.165, 1.54) is 18.4 Å². The van der Waals surface area contributed by atoms with Crippen LogP contribution in [0.25, 0.3) is 0 Å². The zero-order valence-electron chi connectivity index (χ0n) is 15.4. The average Bonchev–Trinajstić information content (AvgIpc) is 2.45. The van der Waals surface area contributed by atoms with Crippen molar-refractivity contribution in [3.05, 3.63) is 24.3 Å². The molecule has 1 aromatic rings. The molecule has 0 heterocycles. The van der Waals surface area contributed by atoms with E-state index in [2.05, 4.69) is 37.9 Å². The minimum atomic E-state index is -3.46. The maximum atomic E-state index is 12.2. The SMILES string of the molecule is CC(C)CN(CC(C)C)C(=S)Nc1cccc(S(=O)(=O)N(C)C)c1. The van der Waals surface area contributed by atoms with Gasteiger partial charge in [0, 0.05) is 32.9 Å². The van der Waals surface area contributed by atoms with E-state index in [1.54, 1.807) is 18.2 Å². The van der Waals surface area contributed by atoms with Crippen molar-refractivity contribution < 1.29 is 8.42 Å². The lowest BCUT2D eigenvalue weighted by Gasteiger charge is -2.29.